The van der Waals surface area contributed by atoms with E-state index in [1.54, 1.807) is 0 Å². The van der Waals surface area contributed by atoms with Crippen LogP contribution in [0.25, 0.3) is 0 Å². The lowest BCUT2D eigenvalue weighted by Crippen LogP contribution is -2.47. The third-order valence-electron chi connectivity index (χ3n) is 6.35. The fourth-order valence-corrected chi connectivity index (χ4v) is 5.91. The first-order valence-electron chi connectivity index (χ1n) is 9.01. The first-order valence-corrected chi connectivity index (χ1v) is 9.01. The van der Waals surface area contributed by atoms with E-state index in [0.29, 0.717) is 11.8 Å². The average Bonchev–Trinajstić information content (AvgIpc) is 2.46. The van der Waals surface area contributed by atoms with Gasteiger partial charge in [0, 0.05) is 6.54 Å². The molecule has 1 aromatic carbocycles. The van der Waals surface area contributed by atoms with Gasteiger partial charge in [0.15, 0.2) is 0 Å². The van der Waals surface area contributed by atoms with E-state index in [1.165, 1.54) is 44.9 Å². The Hall–Kier alpha value is -1.31. The minimum absolute atomic E-state index is 0.177. The molecule has 0 aliphatic heterocycles. The molecule has 2 heteroatoms. The Morgan fingerprint density at radius 3 is 2.18 bits per heavy atom. The molecule has 22 heavy (non-hydrogen) atoms. The van der Waals surface area contributed by atoms with E-state index in [1.807, 2.05) is 30.3 Å². The maximum atomic E-state index is 12.1. The molecule has 5 rings (SSSR count). The van der Waals surface area contributed by atoms with Gasteiger partial charge in [0.2, 0.25) is 5.91 Å². The van der Waals surface area contributed by atoms with Crippen LogP contribution >= 0.6 is 0 Å². The Labute approximate surface area is 133 Å². The van der Waals surface area contributed by atoms with Gasteiger partial charge < -0.3 is 5.32 Å². The predicted octanol–water partition coefficient (Wildman–Crippen LogP) is 3.95. The molecule has 2 nitrogen and oxygen atoms in total. The second-order valence-corrected chi connectivity index (χ2v) is 8.18. The second-order valence-electron chi connectivity index (χ2n) is 8.18. The zero-order valence-electron chi connectivity index (χ0n) is 13.4. The van der Waals surface area contributed by atoms with Crippen LogP contribution in [0.5, 0.6) is 0 Å². The summed E-state index contributed by atoms with van der Waals surface area (Å²) in [5.41, 5.74) is 1.68. The quantitative estimate of drug-likeness (QED) is 0.876. The van der Waals surface area contributed by atoms with E-state index >= 15 is 0 Å². The van der Waals surface area contributed by atoms with Gasteiger partial charge in [0.1, 0.15) is 0 Å². The molecule has 4 saturated carbocycles. The monoisotopic (exact) mass is 297 g/mol. The molecular formula is C20H27NO. The largest absolute Gasteiger partial charge is 0.356 e. The van der Waals surface area contributed by atoms with E-state index < -0.39 is 0 Å². The smallest absolute Gasteiger partial charge is 0.224 e. The van der Waals surface area contributed by atoms with Gasteiger partial charge in [-0.1, -0.05) is 30.3 Å². The van der Waals surface area contributed by atoms with Crippen LogP contribution in [-0.2, 0) is 11.2 Å². The van der Waals surface area contributed by atoms with Crippen molar-refractivity contribution in [3.05, 3.63) is 35.9 Å². The van der Waals surface area contributed by atoms with Crippen molar-refractivity contribution in [2.75, 3.05) is 6.54 Å². The Balaban J connectivity index is 1.27. The maximum absolute atomic E-state index is 12.1. The van der Waals surface area contributed by atoms with Crippen molar-refractivity contribution in [3.63, 3.8) is 0 Å². The number of rotatable bonds is 5. The topological polar surface area (TPSA) is 29.1 Å². The summed E-state index contributed by atoms with van der Waals surface area (Å²) in [6.07, 6.45) is 10.5. The van der Waals surface area contributed by atoms with Crippen LogP contribution in [0.4, 0.5) is 0 Å². The van der Waals surface area contributed by atoms with Crippen LogP contribution in [0.3, 0.4) is 0 Å². The lowest BCUT2D eigenvalue weighted by Gasteiger charge is -2.57. The number of hydrogen-bond acceptors (Lipinski definition) is 1. The maximum Gasteiger partial charge on any atom is 0.224 e. The molecule has 4 bridgehead atoms. The third-order valence-corrected chi connectivity index (χ3v) is 6.35. The van der Waals surface area contributed by atoms with Gasteiger partial charge >= 0.3 is 0 Å². The van der Waals surface area contributed by atoms with Gasteiger partial charge in [-0.25, -0.2) is 0 Å². The predicted molar refractivity (Wildman–Crippen MR) is 88.4 cm³/mol. The van der Waals surface area contributed by atoms with Gasteiger partial charge in [-0.3, -0.25) is 4.79 Å². The second kappa shape index (κ2) is 5.72. The summed E-state index contributed by atoms with van der Waals surface area (Å²) in [5, 5.41) is 3.17. The minimum atomic E-state index is 0.177. The Kier molecular flexibility index (Phi) is 3.71. The third kappa shape index (κ3) is 2.93. The summed E-state index contributed by atoms with van der Waals surface area (Å²) in [4.78, 5) is 12.1. The van der Waals surface area contributed by atoms with Crippen LogP contribution in [0.2, 0.25) is 0 Å². The highest BCUT2D eigenvalue weighted by atomic mass is 16.1. The standard InChI is InChI=1S/C20H27NO/c22-19(11-15-4-2-1-3-5-15)21-7-6-20-12-16-8-17(13-20)10-18(9-16)14-20/h1-5,16-18H,6-14H2,(H,21,22). The zero-order chi connectivity index (χ0) is 15.0. The molecule has 0 saturated heterocycles. The van der Waals surface area contributed by atoms with Crippen molar-refractivity contribution in [1.29, 1.82) is 0 Å². The van der Waals surface area contributed by atoms with Crippen LogP contribution in [0, 0.1) is 23.2 Å². The normalized spacial score (nSPS) is 35.5. The highest BCUT2D eigenvalue weighted by Gasteiger charge is 2.50. The molecular weight excluding hydrogens is 270 g/mol. The zero-order valence-corrected chi connectivity index (χ0v) is 13.4. The van der Waals surface area contributed by atoms with Crippen LogP contribution in [0.1, 0.15) is 50.5 Å². The molecule has 0 unspecified atom stereocenters. The fourth-order valence-electron chi connectivity index (χ4n) is 5.91. The summed E-state index contributed by atoms with van der Waals surface area (Å²) in [6.45, 7) is 0.873. The van der Waals surface area contributed by atoms with E-state index in [9.17, 15) is 4.79 Å². The van der Waals surface area contributed by atoms with Crippen molar-refractivity contribution in [3.8, 4) is 0 Å². The first kappa shape index (κ1) is 14.3. The number of carbonyl (C=O) groups is 1. The molecule has 1 N–H and O–H groups in total. The summed E-state index contributed by atoms with van der Waals surface area (Å²) >= 11 is 0. The Morgan fingerprint density at radius 1 is 1.00 bits per heavy atom. The number of benzene rings is 1. The number of carbonyl (C=O) groups excluding carboxylic acids is 1. The molecule has 0 atom stereocenters. The molecule has 4 fully saturated rings. The first-order chi connectivity index (χ1) is 10.7. The molecule has 1 amide bonds. The van der Waals surface area contributed by atoms with E-state index in [0.717, 1.165) is 29.9 Å². The molecule has 0 aromatic heterocycles. The number of hydrogen-bond donors (Lipinski definition) is 1. The summed E-state index contributed by atoms with van der Waals surface area (Å²) in [6, 6.07) is 10.0. The fraction of sp³-hybridized carbons (Fsp3) is 0.650. The number of amides is 1. The molecule has 1 aromatic rings. The summed E-state index contributed by atoms with van der Waals surface area (Å²) in [7, 11) is 0. The van der Waals surface area contributed by atoms with E-state index in [-0.39, 0.29) is 5.91 Å². The molecule has 4 aliphatic carbocycles. The minimum Gasteiger partial charge on any atom is -0.356 e. The summed E-state index contributed by atoms with van der Waals surface area (Å²) in [5.74, 6) is 3.19. The molecule has 0 heterocycles. The van der Waals surface area contributed by atoms with E-state index in [2.05, 4.69) is 5.32 Å². The SMILES string of the molecule is O=C(Cc1ccccc1)NCCC12CC3CC(CC(C3)C1)C2. The highest BCUT2D eigenvalue weighted by molar-refractivity contribution is 5.78. The van der Waals surface area contributed by atoms with Crippen molar-refractivity contribution < 1.29 is 4.79 Å². The van der Waals surface area contributed by atoms with Crippen molar-refractivity contribution in [2.24, 2.45) is 23.2 Å². The van der Waals surface area contributed by atoms with Gasteiger partial charge in [-0.15, -0.1) is 0 Å². The molecule has 0 spiro atoms. The Morgan fingerprint density at radius 2 is 1.59 bits per heavy atom. The van der Waals surface area contributed by atoms with Crippen molar-refractivity contribution in [1.82, 2.24) is 5.32 Å². The van der Waals surface area contributed by atoms with Gasteiger partial charge in [0.25, 0.3) is 0 Å². The van der Waals surface area contributed by atoms with Gasteiger partial charge in [-0.05, 0) is 73.7 Å². The average molecular weight is 297 g/mol. The molecule has 4 aliphatic rings. The van der Waals surface area contributed by atoms with Crippen LogP contribution < -0.4 is 5.32 Å². The summed E-state index contributed by atoms with van der Waals surface area (Å²) < 4.78 is 0. The molecule has 0 radical (unpaired) electrons. The number of nitrogens with one attached hydrogen (secondary N) is 1. The van der Waals surface area contributed by atoms with Gasteiger partial charge in [-0.2, -0.15) is 0 Å². The lowest BCUT2D eigenvalue weighted by atomic mass is 9.49. The molecule has 118 valence electrons. The highest BCUT2D eigenvalue weighted by Crippen LogP contribution is 2.61. The van der Waals surface area contributed by atoms with Crippen LogP contribution in [0.15, 0.2) is 30.3 Å². The lowest BCUT2D eigenvalue weighted by molar-refractivity contribution is -0.120. The van der Waals surface area contributed by atoms with Crippen LogP contribution in [-0.4, -0.2) is 12.5 Å². The van der Waals surface area contributed by atoms with E-state index in [4.69, 9.17) is 0 Å². The van der Waals surface area contributed by atoms with Crippen molar-refractivity contribution in [2.45, 2.75) is 51.4 Å². The Bertz CT molecular complexity index is 501. The van der Waals surface area contributed by atoms with Crippen molar-refractivity contribution >= 4 is 5.91 Å². The van der Waals surface area contributed by atoms with Gasteiger partial charge in [0.05, 0.1) is 6.42 Å².